The zero-order chi connectivity index (χ0) is 19.7. The zero-order valence-corrected chi connectivity index (χ0v) is 16.2. The monoisotopic (exact) mass is 394 g/mol. The molecule has 6 nitrogen and oxygen atoms in total. The molecule has 2 heterocycles. The molecule has 1 aliphatic rings. The molecule has 0 bridgehead atoms. The van der Waals surface area contributed by atoms with Gasteiger partial charge in [0.25, 0.3) is 0 Å². The van der Waals surface area contributed by atoms with Gasteiger partial charge in [0, 0.05) is 11.1 Å². The number of carbonyl (C=O) groups is 1. The van der Waals surface area contributed by atoms with Crippen molar-refractivity contribution in [2.45, 2.75) is 5.92 Å². The quantitative estimate of drug-likeness (QED) is 0.525. The Bertz CT molecular complexity index is 961. The molecule has 1 aliphatic heterocycles. The lowest BCUT2D eigenvalue weighted by Crippen LogP contribution is -2.12. The van der Waals surface area contributed by atoms with Gasteiger partial charge in [-0.05, 0) is 48.5 Å². The van der Waals surface area contributed by atoms with Gasteiger partial charge in [-0.25, -0.2) is 9.78 Å². The third kappa shape index (κ3) is 3.25. The average molecular weight is 394 g/mol. The molecule has 1 N–H and O–H groups in total. The topological polar surface area (TPSA) is 73.4 Å². The van der Waals surface area contributed by atoms with Gasteiger partial charge < -0.3 is 19.2 Å². The second kappa shape index (κ2) is 7.44. The summed E-state index contributed by atoms with van der Waals surface area (Å²) in [5, 5.41) is 0. The Morgan fingerprint density at radius 3 is 2.07 bits per heavy atom. The highest BCUT2D eigenvalue weighted by Gasteiger charge is 2.35. The summed E-state index contributed by atoms with van der Waals surface area (Å²) in [5.74, 6) is 1.35. The molecule has 142 valence electrons. The smallest absolute Gasteiger partial charge is 0.345 e. The van der Waals surface area contributed by atoms with Crippen LogP contribution in [0.5, 0.6) is 11.5 Å². The van der Waals surface area contributed by atoms with E-state index in [9.17, 15) is 4.79 Å². The molecule has 0 radical (unpaired) electrons. The molecule has 4 rings (SSSR count). The third-order valence-electron chi connectivity index (χ3n) is 4.69. The molecule has 0 amide bonds. The van der Waals surface area contributed by atoms with Crippen LogP contribution in [0.4, 0.5) is 0 Å². The number of nitrogens with zero attached hydrogens (tertiary/aromatic N) is 1. The van der Waals surface area contributed by atoms with Gasteiger partial charge in [0.1, 0.15) is 28.8 Å². The molecular formula is C21H18N2O4S. The first-order valence-electron chi connectivity index (χ1n) is 8.70. The van der Waals surface area contributed by atoms with E-state index in [4.69, 9.17) is 31.4 Å². The van der Waals surface area contributed by atoms with Crippen molar-refractivity contribution < 1.29 is 19.0 Å². The van der Waals surface area contributed by atoms with Crippen molar-refractivity contribution in [3.05, 3.63) is 54.4 Å². The van der Waals surface area contributed by atoms with Crippen molar-refractivity contribution in [1.29, 1.82) is 0 Å². The van der Waals surface area contributed by atoms with Gasteiger partial charge >= 0.3 is 5.97 Å². The van der Waals surface area contributed by atoms with Gasteiger partial charge in [0.15, 0.2) is 0 Å². The number of methoxy groups -OCH3 is 2. The van der Waals surface area contributed by atoms with E-state index in [0.717, 1.165) is 34.0 Å². The predicted octanol–water partition coefficient (Wildman–Crippen LogP) is 3.77. The number of aromatic nitrogens is 2. The normalized spacial score (nSPS) is 16.1. The van der Waals surface area contributed by atoms with Gasteiger partial charge in [-0.3, -0.25) is 0 Å². The number of hydrogen-bond donors (Lipinski definition) is 1. The van der Waals surface area contributed by atoms with E-state index in [1.807, 2.05) is 48.5 Å². The van der Waals surface area contributed by atoms with Gasteiger partial charge in [-0.1, -0.05) is 12.2 Å². The minimum atomic E-state index is -0.451. The summed E-state index contributed by atoms with van der Waals surface area (Å²) < 4.78 is 15.6. The number of esters is 1. The Labute approximate surface area is 167 Å². The second-order valence-corrected chi connectivity index (χ2v) is 6.76. The molecule has 1 fully saturated rings. The number of aromatic amines is 1. The fourth-order valence-electron chi connectivity index (χ4n) is 3.13. The SMILES string of the molecule is COc1ccc(-c2nc(C3COC(=O)C3=S)[nH]c2-c2ccc(OC)cc2)cc1. The van der Waals surface area contributed by atoms with Crippen LogP contribution < -0.4 is 9.47 Å². The van der Waals surface area contributed by atoms with E-state index in [0.29, 0.717) is 5.82 Å². The predicted molar refractivity (Wildman–Crippen MR) is 109 cm³/mol. The Morgan fingerprint density at radius 1 is 1.00 bits per heavy atom. The Kier molecular flexibility index (Phi) is 4.83. The van der Waals surface area contributed by atoms with Crippen molar-refractivity contribution in [3.8, 4) is 34.0 Å². The van der Waals surface area contributed by atoms with Crippen molar-refractivity contribution in [2.75, 3.05) is 20.8 Å². The standard InChI is InChI=1S/C21H18N2O4S/c1-25-14-7-3-12(4-8-14)17-18(13-5-9-15(26-2)10-6-13)23-20(22-17)16-11-27-21(24)19(16)28/h3-10,16H,11H2,1-2H3,(H,22,23). The van der Waals surface area contributed by atoms with E-state index < -0.39 is 5.97 Å². The zero-order valence-electron chi connectivity index (χ0n) is 15.4. The number of cyclic esters (lactones) is 1. The third-order valence-corrected chi connectivity index (χ3v) is 5.14. The Hall–Kier alpha value is -3.19. The highest BCUT2D eigenvalue weighted by Crippen LogP contribution is 2.35. The van der Waals surface area contributed by atoms with Gasteiger partial charge in [-0.2, -0.15) is 0 Å². The Morgan fingerprint density at radius 2 is 1.57 bits per heavy atom. The van der Waals surface area contributed by atoms with E-state index in [-0.39, 0.29) is 17.4 Å². The highest BCUT2D eigenvalue weighted by molar-refractivity contribution is 7.82. The number of ether oxygens (including phenoxy) is 3. The molecule has 0 spiro atoms. The van der Waals surface area contributed by atoms with Crippen LogP contribution in [0.15, 0.2) is 48.5 Å². The van der Waals surface area contributed by atoms with Crippen molar-refractivity contribution >= 4 is 23.1 Å². The van der Waals surface area contributed by atoms with E-state index in [1.165, 1.54) is 0 Å². The molecule has 0 saturated carbocycles. The first kappa shape index (κ1) is 18.2. The first-order valence-corrected chi connectivity index (χ1v) is 9.11. The molecular weight excluding hydrogens is 376 g/mol. The summed E-state index contributed by atoms with van der Waals surface area (Å²) >= 11 is 5.23. The van der Waals surface area contributed by atoms with E-state index in [1.54, 1.807) is 14.2 Å². The summed E-state index contributed by atoms with van der Waals surface area (Å²) in [7, 11) is 3.26. The van der Waals surface area contributed by atoms with Crippen LogP contribution in [0.3, 0.4) is 0 Å². The lowest BCUT2D eigenvalue weighted by Gasteiger charge is -2.06. The van der Waals surface area contributed by atoms with E-state index in [2.05, 4.69) is 4.98 Å². The number of rotatable bonds is 5. The van der Waals surface area contributed by atoms with Crippen molar-refractivity contribution in [2.24, 2.45) is 0 Å². The van der Waals surface area contributed by atoms with E-state index >= 15 is 0 Å². The van der Waals surface area contributed by atoms with Crippen LogP contribution in [0.25, 0.3) is 22.5 Å². The maximum Gasteiger partial charge on any atom is 0.345 e. The fourth-order valence-corrected chi connectivity index (χ4v) is 3.37. The Balaban J connectivity index is 1.81. The number of benzene rings is 2. The maximum absolute atomic E-state index is 11.7. The molecule has 0 aliphatic carbocycles. The average Bonchev–Trinajstić information content (AvgIpc) is 3.32. The lowest BCUT2D eigenvalue weighted by atomic mass is 10.0. The minimum Gasteiger partial charge on any atom is -0.497 e. The lowest BCUT2D eigenvalue weighted by molar-refractivity contribution is -0.132. The highest BCUT2D eigenvalue weighted by atomic mass is 32.1. The summed E-state index contributed by atoms with van der Waals surface area (Å²) in [4.78, 5) is 20.1. The summed E-state index contributed by atoms with van der Waals surface area (Å²) in [6, 6.07) is 15.3. The van der Waals surface area contributed by atoms with Crippen molar-refractivity contribution in [3.63, 3.8) is 0 Å². The fraction of sp³-hybridized carbons (Fsp3) is 0.190. The number of carbonyl (C=O) groups excluding carboxylic acids is 1. The minimum absolute atomic E-state index is 0.204. The maximum atomic E-state index is 11.7. The van der Waals surface area contributed by atoms with Crippen LogP contribution in [0.1, 0.15) is 11.7 Å². The van der Waals surface area contributed by atoms with Crippen LogP contribution in [0, 0.1) is 0 Å². The molecule has 28 heavy (non-hydrogen) atoms. The van der Waals surface area contributed by atoms with Crippen LogP contribution in [-0.4, -0.2) is 41.6 Å². The molecule has 1 atom stereocenters. The largest absolute Gasteiger partial charge is 0.497 e. The number of thiocarbonyl (C=S) groups is 1. The van der Waals surface area contributed by atoms with Crippen LogP contribution >= 0.6 is 12.2 Å². The molecule has 1 aromatic heterocycles. The number of imidazole rings is 1. The van der Waals surface area contributed by atoms with Crippen LogP contribution in [0.2, 0.25) is 0 Å². The van der Waals surface area contributed by atoms with Gasteiger partial charge in [0.05, 0.1) is 31.5 Å². The molecule has 3 aromatic rings. The van der Waals surface area contributed by atoms with Gasteiger partial charge in [-0.15, -0.1) is 0 Å². The molecule has 7 heteroatoms. The molecule has 2 aromatic carbocycles. The summed E-state index contributed by atoms with van der Waals surface area (Å²) in [6.45, 7) is 0.204. The number of hydrogen-bond acceptors (Lipinski definition) is 6. The van der Waals surface area contributed by atoms with Crippen molar-refractivity contribution in [1.82, 2.24) is 9.97 Å². The van der Waals surface area contributed by atoms with Gasteiger partial charge in [0.2, 0.25) is 0 Å². The first-order chi connectivity index (χ1) is 13.6. The second-order valence-electron chi connectivity index (χ2n) is 6.32. The molecule has 1 unspecified atom stereocenters. The number of H-pyrrole nitrogens is 1. The number of nitrogens with one attached hydrogen (secondary N) is 1. The van der Waals surface area contributed by atoms with Crippen LogP contribution in [-0.2, 0) is 9.53 Å². The summed E-state index contributed by atoms with van der Waals surface area (Å²) in [6.07, 6.45) is 0. The summed E-state index contributed by atoms with van der Waals surface area (Å²) in [5.41, 5.74) is 3.47. The molecule has 1 saturated heterocycles.